The van der Waals surface area contributed by atoms with Crippen LogP contribution in [0, 0.1) is 0 Å². The molecule has 0 bridgehead atoms. The summed E-state index contributed by atoms with van der Waals surface area (Å²) in [6, 6.07) is 7.90. The molecule has 0 radical (unpaired) electrons. The summed E-state index contributed by atoms with van der Waals surface area (Å²) in [5.74, 6) is 0.907. The Kier molecular flexibility index (Phi) is 4.59. The van der Waals surface area contributed by atoms with Crippen LogP contribution in [0.4, 0.5) is 0 Å². The first-order valence-electron chi connectivity index (χ1n) is 6.41. The SMILES string of the molecule is COc1ccc(CC(=O)N[C@@H]2CCCNC2)cc1. The normalized spacial score (nSPS) is 19.3. The maximum atomic E-state index is 11.9. The number of benzene rings is 1. The van der Waals surface area contributed by atoms with Gasteiger partial charge in [0, 0.05) is 12.6 Å². The number of carbonyl (C=O) groups excluding carboxylic acids is 1. The van der Waals surface area contributed by atoms with Gasteiger partial charge in [-0.25, -0.2) is 0 Å². The van der Waals surface area contributed by atoms with E-state index in [9.17, 15) is 4.79 Å². The van der Waals surface area contributed by atoms with Crippen LogP contribution in [0.5, 0.6) is 5.75 Å². The van der Waals surface area contributed by atoms with Crippen LogP contribution in [0.1, 0.15) is 18.4 Å². The van der Waals surface area contributed by atoms with E-state index in [0.717, 1.165) is 37.2 Å². The average Bonchev–Trinajstić information content (AvgIpc) is 2.40. The third kappa shape index (κ3) is 3.74. The molecule has 1 aromatic carbocycles. The van der Waals surface area contributed by atoms with Crippen molar-refractivity contribution < 1.29 is 9.53 Å². The highest BCUT2D eigenvalue weighted by atomic mass is 16.5. The van der Waals surface area contributed by atoms with E-state index in [0.29, 0.717) is 6.42 Å². The molecule has 1 aromatic rings. The lowest BCUT2D eigenvalue weighted by atomic mass is 10.1. The van der Waals surface area contributed by atoms with Crippen molar-refractivity contribution in [2.75, 3.05) is 20.2 Å². The number of hydrogen-bond donors (Lipinski definition) is 2. The number of amides is 1. The Bertz CT molecular complexity index is 383. The van der Waals surface area contributed by atoms with Crippen molar-refractivity contribution in [2.24, 2.45) is 0 Å². The first-order chi connectivity index (χ1) is 8.78. The number of rotatable bonds is 4. The van der Waals surface area contributed by atoms with Gasteiger partial charge in [-0.15, -0.1) is 0 Å². The van der Waals surface area contributed by atoms with E-state index in [1.54, 1.807) is 7.11 Å². The quantitative estimate of drug-likeness (QED) is 0.839. The van der Waals surface area contributed by atoms with Crippen LogP contribution >= 0.6 is 0 Å². The number of ether oxygens (including phenoxy) is 1. The first-order valence-corrected chi connectivity index (χ1v) is 6.41. The van der Waals surface area contributed by atoms with Crippen molar-refractivity contribution >= 4 is 5.91 Å². The lowest BCUT2D eigenvalue weighted by Gasteiger charge is -2.23. The maximum absolute atomic E-state index is 11.9. The Morgan fingerprint density at radius 1 is 1.44 bits per heavy atom. The zero-order valence-corrected chi connectivity index (χ0v) is 10.7. The predicted molar refractivity (Wildman–Crippen MR) is 70.7 cm³/mol. The zero-order valence-electron chi connectivity index (χ0n) is 10.7. The fraction of sp³-hybridized carbons (Fsp3) is 0.500. The largest absolute Gasteiger partial charge is 0.497 e. The van der Waals surface area contributed by atoms with Crippen LogP contribution in [0.25, 0.3) is 0 Å². The van der Waals surface area contributed by atoms with E-state index in [1.807, 2.05) is 24.3 Å². The number of hydrogen-bond acceptors (Lipinski definition) is 3. The van der Waals surface area contributed by atoms with Crippen molar-refractivity contribution in [2.45, 2.75) is 25.3 Å². The second-order valence-electron chi connectivity index (χ2n) is 4.64. The Balaban J connectivity index is 1.82. The fourth-order valence-corrected chi connectivity index (χ4v) is 2.18. The van der Waals surface area contributed by atoms with E-state index in [-0.39, 0.29) is 11.9 Å². The number of carbonyl (C=O) groups is 1. The van der Waals surface area contributed by atoms with Crippen LogP contribution in [-0.4, -0.2) is 32.1 Å². The molecule has 2 N–H and O–H groups in total. The molecular formula is C14H20N2O2. The van der Waals surface area contributed by atoms with E-state index in [4.69, 9.17) is 4.74 Å². The fourth-order valence-electron chi connectivity index (χ4n) is 2.18. The lowest BCUT2D eigenvalue weighted by molar-refractivity contribution is -0.121. The second kappa shape index (κ2) is 6.40. The standard InChI is InChI=1S/C14H20N2O2/c1-18-13-6-4-11(5-7-13)9-14(17)16-12-3-2-8-15-10-12/h4-7,12,15H,2-3,8-10H2,1H3,(H,16,17)/t12-/m1/s1. The summed E-state index contributed by atoms with van der Waals surface area (Å²) >= 11 is 0. The van der Waals surface area contributed by atoms with Gasteiger partial charge in [0.25, 0.3) is 0 Å². The van der Waals surface area contributed by atoms with E-state index < -0.39 is 0 Å². The molecular weight excluding hydrogens is 228 g/mol. The van der Waals surface area contributed by atoms with Crippen molar-refractivity contribution in [3.05, 3.63) is 29.8 Å². The molecule has 18 heavy (non-hydrogen) atoms. The van der Waals surface area contributed by atoms with Crippen LogP contribution in [0.15, 0.2) is 24.3 Å². The molecule has 0 aromatic heterocycles. The highest BCUT2D eigenvalue weighted by molar-refractivity contribution is 5.78. The first kappa shape index (κ1) is 12.9. The van der Waals surface area contributed by atoms with Crippen LogP contribution < -0.4 is 15.4 Å². The Morgan fingerprint density at radius 3 is 2.83 bits per heavy atom. The Morgan fingerprint density at radius 2 is 2.22 bits per heavy atom. The number of nitrogens with one attached hydrogen (secondary N) is 2. The van der Waals surface area contributed by atoms with E-state index in [1.165, 1.54) is 0 Å². The molecule has 0 saturated carbocycles. The minimum absolute atomic E-state index is 0.0915. The summed E-state index contributed by atoms with van der Waals surface area (Å²) in [7, 11) is 1.64. The van der Waals surface area contributed by atoms with Gasteiger partial charge in [0.2, 0.25) is 5.91 Å². The summed E-state index contributed by atoms with van der Waals surface area (Å²) in [5.41, 5.74) is 1.01. The van der Waals surface area contributed by atoms with Gasteiger partial charge in [-0.3, -0.25) is 4.79 Å². The zero-order chi connectivity index (χ0) is 12.8. The van der Waals surface area contributed by atoms with Crippen molar-refractivity contribution in [3.63, 3.8) is 0 Å². The van der Waals surface area contributed by atoms with E-state index in [2.05, 4.69) is 10.6 Å². The molecule has 0 aliphatic carbocycles. The van der Waals surface area contributed by atoms with Gasteiger partial charge >= 0.3 is 0 Å². The van der Waals surface area contributed by atoms with Gasteiger partial charge in [-0.05, 0) is 37.1 Å². The van der Waals surface area contributed by atoms with Crippen LogP contribution in [0.3, 0.4) is 0 Å². The second-order valence-corrected chi connectivity index (χ2v) is 4.64. The average molecular weight is 248 g/mol. The Labute approximate surface area is 108 Å². The predicted octanol–water partition coefficient (Wildman–Crippen LogP) is 1.11. The third-order valence-electron chi connectivity index (χ3n) is 3.19. The monoisotopic (exact) mass is 248 g/mol. The molecule has 4 nitrogen and oxygen atoms in total. The third-order valence-corrected chi connectivity index (χ3v) is 3.19. The summed E-state index contributed by atoms with van der Waals surface area (Å²) in [6.45, 7) is 1.94. The Hall–Kier alpha value is -1.55. The van der Waals surface area contributed by atoms with Crippen LogP contribution in [-0.2, 0) is 11.2 Å². The highest BCUT2D eigenvalue weighted by Crippen LogP contribution is 2.11. The molecule has 1 heterocycles. The topological polar surface area (TPSA) is 50.4 Å². The molecule has 2 rings (SSSR count). The summed E-state index contributed by atoms with van der Waals surface area (Å²) in [4.78, 5) is 11.9. The van der Waals surface area contributed by atoms with Crippen molar-refractivity contribution in [1.29, 1.82) is 0 Å². The molecule has 1 atom stereocenters. The summed E-state index contributed by atoms with van der Waals surface area (Å²) < 4.78 is 5.09. The number of piperidine rings is 1. The van der Waals surface area contributed by atoms with Gasteiger partial charge in [0.05, 0.1) is 13.5 Å². The molecule has 1 aliphatic rings. The molecule has 1 amide bonds. The smallest absolute Gasteiger partial charge is 0.224 e. The molecule has 1 aliphatic heterocycles. The molecule has 1 fully saturated rings. The van der Waals surface area contributed by atoms with Gasteiger partial charge in [0.15, 0.2) is 0 Å². The van der Waals surface area contributed by atoms with Gasteiger partial charge < -0.3 is 15.4 Å². The van der Waals surface area contributed by atoms with Crippen molar-refractivity contribution in [3.8, 4) is 5.75 Å². The van der Waals surface area contributed by atoms with Crippen LogP contribution in [0.2, 0.25) is 0 Å². The van der Waals surface area contributed by atoms with Gasteiger partial charge in [-0.2, -0.15) is 0 Å². The molecule has 98 valence electrons. The summed E-state index contributed by atoms with van der Waals surface area (Å²) in [6.07, 6.45) is 2.63. The summed E-state index contributed by atoms with van der Waals surface area (Å²) in [5, 5.41) is 6.35. The van der Waals surface area contributed by atoms with Gasteiger partial charge in [0.1, 0.15) is 5.75 Å². The molecule has 0 unspecified atom stereocenters. The van der Waals surface area contributed by atoms with Gasteiger partial charge in [-0.1, -0.05) is 12.1 Å². The van der Waals surface area contributed by atoms with Crippen molar-refractivity contribution in [1.82, 2.24) is 10.6 Å². The van der Waals surface area contributed by atoms with E-state index >= 15 is 0 Å². The minimum Gasteiger partial charge on any atom is -0.497 e. The molecule has 1 saturated heterocycles. The maximum Gasteiger partial charge on any atom is 0.224 e. The highest BCUT2D eigenvalue weighted by Gasteiger charge is 2.15. The lowest BCUT2D eigenvalue weighted by Crippen LogP contribution is -2.46. The number of methoxy groups -OCH3 is 1. The molecule has 0 spiro atoms. The minimum atomic E-state index is 0.0915. The molecule has 4 heteroatoms.